The molecule has 0 aliphatic heterocycles. The molecular formula is C24H28N4O2S2. The monoisotopic (exact) mass is 468 g/mol. The van der Waals surface area contributed by atoms with Crippen LogP contribution in [-0.4, -0.2) is 32.5 Å². The minimum Gasteiger partial charge on any atom is -0.494 e. The van der Waals surface area contributed by atoms with Crippen LogP contribution in [0.15, 0.2) is 77.3 Å². The van der Waals surface area contributed by atoms with Gasteiger partial charge in [-0.15, -0.1) is 28.5 Å². The highest BCUT2D eigenvalue weighted by molar-refractivity contribution is 8.00. The van der Waals surface area contributed by atoms with Crippen LogP contribution in [0.3, 0.4) is 0 Å². The molecule has 1 aromatic heterocycles. The Morgan fingerprint density at radius 2 is 1.91 bits per heavy atom. The molecular weight excluding hydrogens is 440 g/mol. The smallest absolute Gasteiger partial charge is 0.237 e. The molecule has 1 unspecified atom stereocenters. The maximum Gasteiger partial charge on any atom is 0.237 e. The van der Waals surface area contributed by atoms with E-state index in [9.17, 15) is 4.79 Å². The molecule has 0 saturated heterocycles. The minimum atomic E-state index is -0.288. The second-order valence-electron chi connectivity index (χ2n) is 6.86. The van der Waals surface area contributed by atoms with E-state index in [-0.39, 0.29) is 11.2 Å². The molecule has 8 heteroatoms. The van der Waals surface area contributed by atoms with E-state index in [0.717, 1.165) is 22.4 Å². The van der Waals surface area contributed by atoms with Crippen molar-refractivity contribution in [1.29, 1.82) is 0 Å². The standard InChI is InChI=1S/C24H28N4O2S2/c1-4-16-28-22(17-31-20-10-8-7-9-11-20)26-27-24(28)32-21(5-2)23(29)25-18-12-14-19(15-13-18)30-6-3/h4,7-15,21H,1,5-6,16-17H2,2-3H3,(H,25,29). The van der Waals surface area contributed by atoms with Crippen molar-refractivity contribution >= 4 is 35.1 Å². The van der Waals surface area contributed by atoms with Gasteiger partial charge in [0, 0.05) is 17.1 Å². The summed E-state index contributed by atoms with van der Waals surface area (Å²) in [6, 6.07) is 17.6. The van der Waals surface area contributed by atoms with Gasteiger partial charge in [-0.3, -0.25) is 4.79 Å². The molecule has 32 heavy (non-hydrogen) atoms. The number of hydrogen-bond acceptors (Lipinski definition) is 6. The van der Waals surface area contributed by atoms with Crippen molar-refractivity contribution in [3.05, 3.63) is 73.1 Å². The highest BCUT2D eigenvalue weighted by Gasteiger charge is 2.22. The predicted octanol–water partition coefficient (Wildman–Crippen LogP) is 5.66. The van der Waals surface area contributed by atoms with Crippen LogP contribution in [0.5, 0.6) is 5.75 Å². The van der Waals surface area contributed by atoms with Gasteiger partial charge in [0.05, 0.1) is 17.6 Å². The number of rotatable bonds is 12. The van der Waals surface area contributed by atoms with Crippen LogP contribution in [0.2, 0.25) is 0 Å². The SMILES string of the molecule is C=CCn1c(CSc2ccccc2)nnc1SC(CC)C(=O)Nc1ccc(OCC)cc1. The van der Waals surface area contributed by atoms with Gasteiger partial charge in [-0.25, -0.2) is 0 Å². The van der Waals surface area contributed by atoms with Crippen molar-refractivity contribution in [2.45, 2.75) is 47.9 Å². The van der Waals surface area contributed by atoms with Crippen molar-refractivity contribution in [2.24, 2.45) is 0 Å². The molecule has 6 nitrogen and oxygen atoms in total. The number of amides is 1. The third-order valence-corrected chi connectivity index (χ3v) is 6.91. The predicted molar refractivity (Wildman–Crippen MR) is 132 cm³/mol. The average molecular weight is 469 g/mol. The number of carbonyl (C=O) groups is 1. The second-order valence-corrected chi connectivity index (χ2v) is 9.08. The molecule has 3 aromatic rings. The van der Waals surface area contributed by atoms with Gasteiger partial charge in [-0.1, -0.05) is 43.0 Å². The van der Waals surface area contributed by atoms with Gasteiger partial charge in [0.1, 0.15) is 11.6 Å². The summed E-state index contributed by atoms with van der Waals surface area (Å²) in [7, 11) is 0. The van der Waals surface area contributed by atoms with E-state index in [4.69, 9.17) is 4.74 Å². The normalized spacial score (nSPS) is 11.7. The molecule has 168 valence electrons. The van der Waals surface area contributed by atoms with Crippen LogP contribution in [0.4, 0.5) is 5.69 Å². The third-order valence-electron chi connectivity index (χ3n) is 4.56. The first-order valence-electron chi connectivity index (χ1n) is 10.6. The van der Waals surface area contributed by atoms with Crippen LogP contribution in [0.1, 0.15) is 26.1 Å². The lowest BCUT2D eigenvalue weighted by Crippen LogP contribution is -2.25. The first-order valence-corrected chi connectivity index (χ1v) is 12.4. The second kappa shape index (κ2) is 12.4. The van der Waals surface area contributed by atoms with Gasteiger partial charge in [0.25, 0.3) is 0 Å². The van der Waals surface area contributed by atoms with Gasteiger partial charge in [-0.2, -0.15) is 0 Å². The lowest BCUT2D eigenvalue weighted by Gasteiger charge is -2.15. The van der Waals surface area contributed by atoms with Gasteiger partial charge in [0.2, 0.25) is 5.91 Å². The molecule has 1 amide bonds. The van der Waals surface area contributed by atoms with Crippen molar-refractivity contribution in [2.75, 3.05) is 11.9 Å². The summed E-state index contributed by atoms with van der Waals surface area (Å²) in [6.07, 6.45) is 2.49. The number of anilines is 1. The zero-order valence-electron chi connectivity index (χ0n) is 18.4. The zero-order chi connectivity index (χ0) is 22.8. The summed E-state index contributed by atoms with van der Waals surface area (Å²) in [6.45, 7) is 9.00. The summed E-state index contributed by atoms with van der Waals surface area (Å²) >= 11 is 3.14. The van der Waals surface area contributed by atoms with Gasteiger partial charge < -0.3 is 14.6 Å². The Kier molecular flexibility index (Phi) is 9.25. The number of allylic oxidation sites excluding steroid dienone is 1. The van der Waals surface area contributed by atoms with Crippen LogP contribution in [0, 0.1) is 0 Å². The van der Waals surface area contributed by atoms with Gasteiger partial charge in [0.15, 0.2) is 5.16 Å². The minimum absolute atomic E-state index is 0.0602. The summed E-state index contributed by atoms with van der Waals surface area (Å²) in [5.74, 6) is 2.28. The largest absolute Gasteiger partial charge is 0.494 e. The summed E-state index contributed by atoms with van der Waals surface area (Å²) in [5, 5.41) is 12.2. The molecule has 3 rings (SSSR count). The van der Waals surface area contributed by atoms with E-state index < -0.39 is 0 Å². The molecule has 0 aliphatic rings. The Bertz CT molecular complexity index is 1010. The van der Waals surface area contributed by atoms with Crippen molar-refractivity contribution in [3.63, 3.8) is 0 Å². The lowest BCUT2D eigenvalue weighted by molar-refractivity contribution is -0.115. The maximum absolute atomic E-state index is 12.9. The number of nitrogens with one attached hydrogen (secondary N) is 1. The average Bonchev–Trinajstić information content (AvgIpc) is 3.19. The Labute approximate surface area is 197 Å². The number of aromatic nitrogens is 3. The molecule has 0 bridgehead atoms. The Hall–Kier alpha value is -2.71. The highest BCUT2D eigenvalue weighted by atomic mass is 32.2. The van der Waals surface area contributed by atoms with E-state index in [2.05, 4.69) is 34.2 Å². The number of nitrogens with zero attached hydrogens (tertiary/aromatic N) is 3. The fraction of sp³-hybridized carbons (Fsp3) is 0.292. The van der Waals surface area contributed by atoms with E-state index in [0.29, 0.717) is 25.3 Å². The molecule has 1 N–H and O–H groups in total. The number of carbonyl (C=O) groups excluding carboxylic acids is 1. The van der Waals surface area contributed by atoms with Crippen molar-refractivity contribution in [1.82, 2.24) is 14.8 Å². The van der Waals surface area contributed by atoms with E-state index in [1.807, 2.05) is 67.0 Å². The van der Waals surface area contributed by atoms with Gasteiger partial charge >= 0.3 is 0 Å². The molecule has 2 aromatic carbocycles. The van der Waals surface area contributed by atoms with E-state index >= 15 is 0 Å². The summed E-state index contributed by atoms with van der Waals surface area (Å²) < 4.78 is 7.48. The number of thioether (sulfide) groups is 2. The van der Waals surface area contributed by atoms with E-state index in [1.54, 1.807) is 11.8 Å². The van der Waals surface area contributed by atoms with Crippen LogP contribution in [0.25, 0.3) is 0 Å². The fourth-order valence-electron chi connectivity index (χ4n) is 2.96. The van der Waals surface area contributed by atoms with Crippen LogP contribution in [-0.2, 0) is 17.1 Å². The molecule has 0 spiro atoms. The maximum atomic E-state index is 12.9. The van der Waals surface area contributed by atoms with Crippen LogP contribution >= 0.6 is 23.5 Å². The molecule has 0 radical (unpaired) electrons. The Morgan fingerprint density at radius 1 is 1.16 bits per heavy atom. The fourth-order valence-corrected chi connectivity index (χ4v) is 4.80. The molecule has 0 aliphatic carbocycles. The first kappa shape index (κ1) is 23.9. The van der Waals surface area contributed by atoms with Crippen molar-refractivity contribution in [3.8, 4) is 5.75 Å². The van der Waals surface area contributed by atoms with Gasteiger partial charge in [-0.05, 0) is 49.7 Å². The first-order chi connectivity index (χ1) is 15.6. The topological polar surface area (TPSA) is 69.0 Å². The molecule has 0 fully saturated rings. The van der Waals surface area contributed by atoms with E-state index in [1.165, 1.54) is 16.7 Å². The Balaban J connectivity index is 1.67. The summed E-state index contributed by atoms with van der Waals surface area (Å²) in [4.78, 5) is 14.1. The molecule has 0 saturated carbocycles. The summed E-state index contributed by atoms with van der Waals surface area (Å²) in [5.41, 5.74) is 0.741. The molecule has 1 atom stereocenters. The zero-order valence-corrected chi connectivity index (χ0v) is 20.0. The Morgan fingerprint density at radius 3 is 2.56 bits per heavy atom. The quantitative estimate of drug-likeness (QED) is 0.273. The number of hydrogen-bond donors (Lipinski definition) is 1. The number of ether oxygens (including phenoxy) is 1. The third kappa shape index (κ3) is 6.64. The lowest BCUT2D eigenvalue weighted by atomic mass is 10.2. The highest BCUT2D eigenvalue weighted by Crippen LogP contribution is 2.28. The van der Waals surface area contributed by atoms with Crippen LogP contribution < -0.4 is 10.1 Å². The molecule has 1 heterocycles. The number of benzene rings is 2. The van der Waals surface area contributed by atoms with Crippen molar-refractivity contribution < 1.29 is 9.53 Å².